The van der Waals surface area contributed by atoms with E-state index in [-0.39, 0.29) is 6.04 Å². The van der Waals surface area contributed by atoms with Crippen molar-refractivity contribution in [1.82, 2.24) is 5.32 Å². The summed E-state index contributed by atoms with van der Waals surface area (Å²) in [6, 6.07) is 11.8. The van der Waals surface area contributed by atoms with Crippen LogP contribution >= 0.6 is 0 Å². The molecule has 0 saturated heterocycles. The Bertz CT molecular complexity index is 597. The molecule has 1 aliphatic carbocycles. The lowest BCUT2D eigenvalue weighted by atomic mass is 9.79. The predicted octanol–water partition coefficient (Wildman–Crippen LogP) is 4.54. The second kappa shape index (κ2) is 5.94. The van der Waals surface area contributed by atoms with Gasteiger partial charge in [0.2, 0.25) is 0 Å². The van der Waals surface area contributed by atoms with E-state index in [1.165, 1.54) is 37.0 Å². The number of hydrogen-bond acceptors (Lipinski definition) is 1. The average molecular weight is 287 g/mol. The van der Waals surface area contributed by atoms with Crippen LogP contribution in [-0.2, 0) is 0 Å². The Hall–Kier alpha value is -1.74. The van der Waals surface area contributed by atoms with E-state index < -0.39 is 11.6 Å². The first-order valence-corrected chi connectivity index (χ1v) is 7.40. The molecule has 2 aromatic carbocycles. The van der Waals surface area contributed by atoms with Crippen molar-refractivity contribution in [2.75, 3.05) is 7.05 Å². The molecular weight excluding hydrogens is 268 g/mol. The molecule has 2 aromatic rings. The Morgan fingerprint density at radius 1 is 0.952 bits per heavy atom. The largest absolute Gasteiger partial charge is 0.309 e. The summed E-state index contributed by atoms with van der Waals surface area (Å²) in [6.45, 7) is 0. The molecule has 1 atom stereocenters. The Morgan fingerprint density at radius 3 is 2.05 bits per heavy atom. The fraction of sp³-hybridized carbons (Fsp3) is 0.333. The molecule has 0 radical (unpaired) electrons. The van der Waals surface area contributed by atoms with Gasteiger partial charge in [-0.2, -0.15) is 0 Å². The topological polar surface area (TPSA) is 12.0 Å². The van der Waals surface area contributed by atoms with E-state index in [0.29, 0.717) is 11.5 Å². The van der Waals surface area contributed by atoms with Crippen molar-refractivity contribution in [3.63, 3.8) is 0 Å². The van der Waals surface area contributed by atoms with Crippen LogP contribution in [0.5, 0.6) is 0 Å². The van der Waals surface area contributed by atoms with Gasteiger partial charge in [0.25, 0.3) is 0 Å². The molecule has 0 heterocycles. The molecule has 1 saturated carbocycles. The number of nitrogens with one attached hydrogen (secondary N) is 1. The van der Waals surface area contributed by atoms with Gasteiger partial charge in [0, 0.05) is 6.07 Å². The smallest absolute Gasteiger partial charge is 0.126 e. The SMILES string of the molecule is CNC(c1ccc(C2CCC2)cc1)c1cc(F)cc(F)c1. The Morgan fingerprint density at radius 2 is 1.57 bits per heavy atom. The van der Waals surface area contributed by atoms with E-state index in [9.17, 15) is 8.78 Å². The van der Waals surface area contributed by atoms with Crippen LogP contribution in [0, 0.1) is 11.6 Å². The number of rotatable bonds is 4. The second-order valence-corrected chi connectivity index (χ2v) is 5.72. The highest BCUT2D eigenvalue weighted by Gasteiger charge is 2.20. The van der Waals surface area contributed by atoms with Gasteiger partial charge in [-0.25, -0.2) is 8.78 Å². The van der Waals surface area contributed by atoms with E-state index in [1.54, 1.807) is 7.05 Å². The van der Waals surface area contributed by atoms with E-state index >= 15 is 0 Å². The van der Waals surface area contributed by atoms with E-state index in [2.05, 4.69) is 29.6 Å². The summed E-state index contributed by atoms with van der Waals surface area (Å²) in [5, 5.41) is 3.13. The van der Waals surface area contributed by atoms with Gasteiger partial charge in [-0.05, 0) is 54.6 Å². The maximum atomic E-state index is 13.4. The van der Waals surface area contributed by atoms with Gasteiger partial charge in [0.1, 0.15) is 11.6 Å². The third kappa shape index (κ3) is 2.98. The first-order chi connectivity index (χ1) is 10.2. The molecule has 0 aliphatic heterocycles. The van der Waals surface area contributed by atoms with Crippen molar-refractivity contribution in [3.8, 4) is 0 Å². The van der Waals surface area contributed by atoms with Gasteiger partial charge in [0.15, 0.2) is 0 Å². The molecule has 1 nitrogen and oxygen atoms in total. The minimum absolute atomic E-state index is 0.203. The number of halogens is 2. The lowest BCUT2D eigenvalue weighted by Crippen LogP contribution is -2.18. The molecule has 0 spiro atoms. The summed E-state index contributed by atoms with van der Waals surface area (Å²) in [6.07, 6.45) is 3.85. The van der Waals surface area contributed by atoms with Gasteiger partial charge in [-0.3, -0.25) is 0 Å². The van der Waals surface area contributed by atoms with Crippen molar-refractivity contribution in [2.24, 2.45) is 0 Å². The van der Waals surface area contributed by atoms with Gasteiger partial charge >= 0.3 is 0 Å². The van der Waals surface area contributed by atoms with Gasteiger partial charge in [-0.15, -0.1) is 0 Å². The molecule has 1 unspecified atom stereocenters. The highest BCUT2D eigenvalue weighted by atomic mass is 19.1. The fourth-order valence-corrected chi connectivity index (χ4v) is 2.97. The summed E-state index contributed by atoms with van der Waals surface area (Å²) in [7, 11) is 1.80. The van der Waals surface area contributed by atoms with Crippen molar-refractivity contribution in [2.45, 2.75) is 31.2 Å². The van der Waals surface area contributed by atoms with Crippen LogP contribution in [0.1, 0.15) is 47.9 Å². The Kier molecular flexibility index (Phi) is 4.02. The van der Waals surface area contributed by atoms with Crippen molar-refractivity contribution in [3.05, 3.63) is 70.8 Å². The fourth-order valence-electron chi connectivity index (χ4n) is 2.97. The first-order valence-electron chi connectivity index (χ1n) is 7.40. The third-order valence-corrected chi connectivity index (χ3v) is 4.35. The van der Waals surface area contributed by atoms with Gasteiger partial charge in [0.05, 0.1) is 6.04 Å². The zero-order valence-electron chi connectivity index (χ0n) is 12.1. The lowest BCUT2D eigenvalue weighted by Gasteiger charge is -2.26. The molecule has 0 aromatic heterocycles. The van der Waals surface area contributed by atoms with Crippen molar-refractivity contribution in [1.29, 1.82) is 0 Å². The highest BCUT2D eigenvalue weighted by molar-refractivity contribution is 5.35. The molecule has 1 aliphatic rings. The first kappa shape index (κ1) is 14.2. The zero-order valence-corrected chi connectivity index (χ0v) is 12.1. The monoisotopic (exact) mass is 287 g/mol. The van der Waals surface area contributed by atoms with Crippen molar-refractivity contribution >= 4 is 0 Å². The van der Waals surface area contributed by atoms with E-state index in [1.807, 2.05) is 0 Å². The minimum atomic E-state index is -0.545. The van der Waals surface area contributed by atoms with Crippen LogP contribution < -0.4 is 5.32 Å². The molecule has 0 bridgehead atoms. The standard InChI is InChI=1S/C18H19F2N/c1-21-18(15-9-16(19)11-17(20)10-15)14-7-5-13(6-8-14)12-3-2-4-12/h5-12,18,21H,2-4H2,1H3. The molecule has 3 rings (SSSR count). The Labute approximate surface area is 124 Å². The minimum Gasteiger partial charge on any atom is -0.309 e. The third-order valence-electron chi connectivity index (χ3n) is 4.35. The summed E-state index contributed by atoms with van der Waals surface area (Å²) in [5.41, 5.74) is 2.99. The molecule has 1 fully saturated rings. The van der Waals surface area contributed by atoms with Gasteiger partial charge in [-0.1, -0.05) is 30.7 Å². The summed E-state index contributed by atoms with van der Waals surface area (Å²) >= 11 is 0. The molecular formula is C18H19F2N. The van der Waals surface area contributed by atoms with E-state index in [0.717, 1.165) is 11.6 Å². The maximum absolute atomic E-state index is 13.4. The van der Waals surface area contributed by atoms with Crippen molar-refractivity contribution < 1.29 is 8.78 Å². The van der Waals surface area contributed by atoms with Crippen LogP contribution in [0.4, 0.5) is 8.78 Å². The molecule has 1 N–H and O–H groups in total. The molecule has 0 amide bonds. The molecule has 3 heteroatoms. The van der Waals surface area contributed by atoms with Crippen LogP contribution in [0.3, 0.4) is 0 Å². The summed E-state index contributed by atoms with van der Waals surface area (Å²) in [4.78, 5) is 0. The summed E-state index contributed by atoms with van der Waals surface area (Å²) < 4.78 is 26.8. The second-order valence-electron chi connectivity index (χ2n) is 5.72. The molecule has 21 heavy (non-hydrogen) atoms. The van der Waals surface area contributed by atoms with E-state index in [4.69, 9.17) is 0 Å². The van der Waals surface area contributed by atoms with Crippen LogP contribution in [0.25, 0.3) is 0 Å². The van der Waals surface area contributed by atoms with Crippen LogP contribution in [-0.4, -0.2) is 7.05 Å². The number of hydrogen-bond donors (Lipinski definition) is 1. The highest BCUT2D eigenvalue weighted by Crippen LogP contribution is 2.36. The average Bonchev–Trinajstić information content (AvgIpc) is 2.38. The Balaban J connectivity index is 1.88. The normalized spacial score (nSPS) is 16.5. The molecule has 110 valence electrons. The maximum Gasteiger partial charge on any atom is 0.126 e. The number of benzene rings is 2. The van der Waals surface area contributed by atoms with Crippen LogP contribution in [0.15, 0.2) is 42.5 Å². The van der Waals surface area contributed by atoms with Gasteiger partial charge < -0.3 is 5.32 Å². The quantitative estimate of drug-likeness (QED) is 0.870. The predicted molar refractivity (Wildman–Crippen MR) is 80.3 cm³/mol. The lowest BCUT2D eigenvalue weighted by molar-refractivity contribution is 0.419. The zero-order chi connectivity index (χ0) is 14.8. The summed E-state index contributed by atoms with van der Waals surface area (Å²) in [5.74, 6) is -0.397. The van der Waals surface area contributed by atoms with Crippen LogP contribution in [0.2, 0.25) is 0 Å².